The smallest absolute Gasteiger partial charge is 0.341 e. The first-order chi connectivity index (χ1) is 9.45. The van der Waals surface area contributed by atoms with Gasteiger partial charge in [-0.15, -0.1) is 0 Å². The normalized spacial score (nSPS) is 10.3. The van der Waals surface area contributed by atoms with E-state index in [9.17, 15) is 14.7 Å². The maximum absolute atomic E-state index is 12.1. The fourth-order valence-corrected chi connectivity index (χ4v) is 2.03. The van der Waals surface area contributed by atoms with Gasteiger partial charge in [0.25, 0.3) is 5.56 Å². The highest BCUT2D eigenvalue weighted by Gasteiger charge is 2.18. The summed E-state index contributed by atoms with van der Waals surface area (Å²) in [7, 11) is 3.11. The molecular weight excluding hydrogens is 258 g/mol. The van der Waals surface area contributed by atoms with Crippen molar-refractivity contribution in [1.82, 2.24) is 4.57 Å². The minimum Gasteiger partial charge on any atom is -0.497 e. The first-order valence-corrected chi connectivity index (χ1v) is 6.04. The van der Waals surface area contributed by atoms with Gasteiger partial charge in [0.1, 0.15) is 11.3 Å². The molecule has 104 valence electrons. The molecule has 0 unspecified atom stereocenters. The van der Waals surface area contributed by atoms with Crippen LogP contribution in [0.5, 0.6) is 5.75 Å². The molecule has 0 atom stereocenters. The molecule has 1 heterocycles. The standard InChI is InChI=1S/C15H15NO4/c1-9-8-12(10-4-6-11(20-3)7-5-10)13(15(18)19)14(17)16(9)2/h4-8H,1-3H3,(H,18,19). The predicted molar refractivity (Wildman–Crippen MR) is 75.4 cm³/mol. The predicted octanol–water partition coefficient (Wildman–Crippen LogP) is 2.07. The van der Waals surface area contributed by atoms with E-state index in [1.165, 1.54) is 4.57 Å². The summed E-state index contributed by atoms with van der Waals surface area (Å²) >= 11 is 0. The number of methoxy groups -OCH3 is 1. The van der Waals surface area contributed by atoms with Gasteiger partial charge in [0.05, 0.1) is 7.11 Å². The van der Waals surface area contributed by atoms with Crippen molar-refractivity contribution in [3.63, 3.8) is 0 Å². The highest BCUT2D eigenvalue weighted by Crippen LogP contribution is 2.25. The largest absolute Gasteiger partial charge is 0.497 e. The second kappa shape index (κ2) is 5.21. The number of hydrogen-bond acceptors (Lipinski definition) is 3. The summed E-state index contributed by atoms with van der Waals surface area (Å²) in [5, 5.41) is 9.29. The Morgan fingerprint density at radius 3 is 2.35 bits per heavy atom. The lowest BCUT2D eigenvalue weighted by Gasteiger charge is -2.11. The van der Waals surface area contributed by atoms with E-state index in [1.54, 1.807) is 51.4 Å². The van der Waals surface area contributed by atoms with E-state index in [0.717, 1.165) is 0 Å². The van der Waals surface area contributed by atoms with Gasteiger partial charge in [-0.05, 0) is 30.7 Å². The molecule has 0 aliphatic rings. The fraction of sp³-hybridized carbons (Fsp3) is 0.200. The van der Waals surface area contributed by atoms with Crippen molar-refractivity contribution in [2.75, 3.05) is 7.11 Å². The first-order valence-electron chi connectivity index (χ1n) is 6.04. The number of carbonyl (C=O) groups is 1. The Kier molecular flexibility index (Phi) is 3.61. The van der Waals surface area contributed by atoms with Crippen LogP contribution in [0.4, 0.5) is 0 Å². The Hall–Kier alpha value is -2.56. The van der Waals surface area contributed by atoms with Crippen molar-refractivity contribution in [2.24, 2.45) is 7.05 Å². The summed E-state index contributed by atoms with van der Waals surface area (Å²) < 4.78 is 6.40. The van der Waals surface area contributed by atoms with Gasteiger partial charge in [-0.1, -0.05) is 12.1 Å². The third-order valence-corrected chi connectivity index (χ3v) is 3.29. The lowest BCUT2D eigenvalue weighted by molar-refractivity contribution is 0.0695. The van der Waals surface area contributed by atoms with Gasteiger partial charge in [0.15, 0.2) is 0 Å². The van der Waals surface area contributed by atoms with Crippen molar-refractivity contribution >= 4 is 5.97 Å². The van der Waals surface area contributed by atoms with E-state index < -0.39 is 11.5 Å². The minimum absolute atomic E-state index is 0.219. The van der Waals surface area contributed by atoms with Gasteiger partial charge >= 0.3 is 5.97 Å². The van der Waals surface area contributed by atoms with Gasteiger partial charge in [0.2, 0.25) is 0 Å². The zero-order valence-electron chi connectivity index (χ0n) is 11.5. The summed E-state index contributed by atoms with van der Waals surface area (Å²) in [6, 6.07) is 8.63. The molecule has 2 rings (SSSR count). The average Bonchev–Trinajstić information content (AvgIpc) is 2.44. The molecular formula is C15H15NO4. The Balaban J connectivity index is 2.72. The molecule has 1 N–H and O–H groups in total. The fourth-order valence-electron chi connectivity index (χ4n) is 2.03. The van der Waals surface area contributed by atoms with E-state index in [0.29, 0.717) is 22.6 Å². The number of aryl methyl sites for hydroxylation is 1. The maximum Gasteiger partial charge on any atom is 0.341 e. The molecule has 0 aliphatic heterocycles. The average molecular weight is 273 g/mol. The summed E-state index contributed by atoms with van der Waals surface area (Å²) in [4.78, 5) is 23.5. The van der Waals surface area contributed by atoms with Gasteiger partial charge < -0.3 is 14.4 Å². The van der Waals surface area contributed by atoms with Crippen molar-refractivity contribution in [2.45, 2.75) is 6.92 Å². The van der Waals surface area contributed by atoms with Gasteiger partial charge in [-0.25, -0.2) is 4.79 Å². The quantitative estimate of drug-likeness (QED) is 0.929. The lowest BCUT2D eigenvalue weighted by atomic mass is 10.00. The zero-order chi connectivity index (χ0) is 14.9. The van der Waals surface area contributed by atoms with Gasteiger partial charge in [0, 0.05) is 18.3 Å². The maximum atomic E-state index is 12.1. The van der Waals surface area contributed by atoms with Crippen LogP contribution in [0.15, 0.2) is 35.1 Å². The number of hydrogen-bond donors (Lipinski definition) is 1. The van der Waals surface area contributed by atoms with Crippen LogP contribution in [0.1, 0.15) is 16.1 Å². The van der Waals surface area contributed by atoms with E-state index in [2.05, 4.69) is 0 Å². The number of aromatic nitrogens is 1. The van der Waals surface area contributed by atoms with Crippen LogP contribution in [0.25, 0.3) is 11.1 Å². The molecule has 1 aromatic carbocycles. The summed E-state index contributed by atoms with van der Waals surface area (Å²) in [5.41, 5.74) is 1.06. The Labute approximate surface area is 116 Å². The number of benzene rings is 1. The van der Waals surface area contributed by atoms with Crippen molar-refractivity contribution in [1.29, 1.82) is 0 Å². The Bertz CT molecular complexity index is 714. The molecule has 5 nitrogen and oxygen atoms in total. The van der Waals surface area contributed by atoms with Crippen LogP contribution in [-0.4, -0.2) is 22.8 Å². The molecule has 0 spiro atoms. The third kappa shape index (κ3) is 2.30. The molecule has 0 aliphatic carbocycles. The number of carboxylic acid groups (broad SMARTS) is 1. The molecule has 0 amide bonds. The molecule has 0 fully saturated rings. The Morgan fingerprint density at radius 2 is 1.85 bits per heavy atom. The van der Waals surface area contributed by atoms with E-state index in [4.69, 9.17) is 4.74 Å². The number of carboxylic acids is 1. The molecule has 0 saturated heterocycles. The Morgan fingerprint density at radius 1 is 1.25 bits per heavy atom. The van der Waals surface area contributed by atoms with Crippen LogP contribution in [0.3, 0.4) is 0 Å². The topological polar surface area (TPSA) is 68.5 Å². The number of pyridine rings is 1. The van der Waals surface area contributed by atoms with E-state index in [1.807, 2.05) is 0 Å². The second-order valence-corrected chi connectivity index (χ2v) is 4.47. The summed E-state index contributed by atoms with van der Waals surface area (Å²) in [5.74, 6) is -0.553. The molecule has 5 heteroatoms. The molecule has 0 radical (unpaired) electrons. The highest BCUT2D eigenvalue weighted by atomic mass is 16.5. The number of ether oxygens (including phenoxy) is 1. The molecule has 0 bridgehead atoms. The zero-order valence-corrected chi connectivity index (χ0v) is 11.5. The van der Waals surface area contributed by atoms with Gasteiger partial charge in [-0.2, -0.15) is 0 Å². The first kappa shape index (κ1) is 13.9. The molecule has 20 heavy (non-hydrogen) atoms. The number of nitrogens with zero attached hydrogens (tertiary/aromatic N) is 1. The SMILES string of the molecule is COc1ccc(-c2cc(C)n(C)c(=O)c2C(=O)O)cc1. The number of aromatic carboxylic acids is 1. The van der Waals surface area contributed by atoms with Crippen molar-refractivity contribution in [3.05, 3.63) is 51.9 Å². The highest BCUT2D eigenvalue weighted by molar-refractivity contribution is 5.95. The van der Waals surface area contributed by atoms with Crippen LogP contribution in [0.2, 0.25) is 0 Å². The van der Waals surface area contributed by atoms with Crippen molar-refractivity contribution in [3.8, 4) is 16.9 Å². The van der Waals surface area contributed by atoms with Crippen LogP contribution in [-0.2, 0) is 7.05 Å². The van der Waals surface area contributed by atoms with Crippen molar-refractivity contribution < 1.29 is 14.6 Å². The van der Waals surface area contributed by atoms with E-state index in [-0.39, 0.29) is 5.56 Å². The molecule has 0 saturated carbocycles. The van der Waals surface area contributed by atoms with Gasteiger partial charge in [-0.3, -0.25) is 4.79 Å². The van der Waals surface area contributed by atoms with Crippen LogP contribution in [0, 0.1) is 6.92 Å². The second-order valence-electron chi connectivity index (χ2n) is 4.47. The summed E-state index contributed by atoms with van der Waals surface area (Å²) in [6.45, 7) is 1.76. The minimum atomic E-state index is -1.23. The third-order valence-electron chi connectivity index (χ3n) is 3.29. The van der Waals surface area contributed by atoms with Crippen LogP contribution < -0.4 is 10.3 Å². The molecule has 2 aromatic rings. The lowest BCUT2D eigenvalue weighted by Crippen LogP contribution is -2.26. The monoisotopic (exact) mass is 273 g/mol. The molecule has 1 aromatic heterocycles. The van der Waals surface area contributed by atoms with Crippen LogP contribution >= 0.6 is 0 Å². The van der Waals surface area contributed by atoms with E-state index >= 15 is 0 Å². The number of rotatable bonds is 3. The summed E-state index contributed by atoms with van der Waals surface area (Å²) in [6.07, 6.45) is 0.